The molecule has 0 aliphatic heterocycles. The molecule has 0 aliphatic rings. The quantitative estimate of drug-likeness (QED) is 0.765. The SMILES string of the molecule is Cc1ccc(C(O)CBr)cn1. The van der Waals surface area contributed by atoms with E-state index in [4.69, 9.17) is 0 Å². The Labute approximate surface area is 74.4 Å². The van der Waals surface area contributed by atoms with Crippen molar-refractivity contribution in [2.45, 2.75) is 13.0 Å². The van der Waals surface area contributed by atoms with Crippen molar-refractivity contribution in [2.75, 3.05) is 5.33 Å². The zero-order chi connectivity index (χ0) is 8.27. The summed E-state index contributed by atoms with van der Waals surface area (Å²) in [6, 6.07) is 3.77. The third-order valence-electron chi connectivity index (χ3n) is 1.47. The van der Waals surface area contributed by atoms with Crippen LogP contribution >= 0.6 is 15.9 Å². The Morgan fingerprint density at radius 2 is 2.36 bits per heavy atom. The molecule has 0 aliphatic carbocycles. The minimum atomic E-state index is -0.442. The van der Waals surface area contributed by atoms with Crippen LogP contribution in [0.15, 0.2) is 18.3 Å². The highest BCUT2D eigenvalue weighted by molar-refractivity contribution is 9.09. The Hall–Kier alpha value is -0.410. The van der Waals surface area contributed by atoms with Crippen molar-refractivity contribution in [1.82, 2.24) is 4.98 Å². The van der Waals surface area contributed by atoms with E-state index in [9.17, 15) is 5.11 Å². The van der Waals surface area contributed by atoms with Crippen LogP contribution in [0.1, 0.15) is 17.4 Å². The maximum atomic E-state index is 9.33. The van der Waals surface area contributed by atoms with E-state index in [0.717, 1.165) is 11.3 Å². The number of aryl methyl sites for hydroxylation is 1. The van der Waals surface area contributed by atoms with Gasteiger partial charge in [-0.3, -0.25) is 4.98 Å². The van der Waals surface area contributed by atoms with Gasteiger partial charge in [0.15, 0.2) is 0 Å². The number of rotatable bonds is 2. The predicted octanol–water partition coefficient (Wildman–Crippen LogP) is 1.82. The maximum Gasteiger partial charge on any atom is 0.0901 e. The second-order valence-electron chi connectivity index (χ2n) is 2.40. The van der Waals surface area contributed by atoms with Gasteiger partial charge in [0, 0.05) is 17.2 Å². The lowest BCUT2D eigenvalue weighted by molar-refractivity contribution is 0.205. The second kappa shape index (κ2) is 3.83. The van der Waals surface area contributed by atoms with E-state index in [1.54, 1.807) is 6.20 Å². The Bertz CT molecular complexity index is 222. The van der Waals surface area contributed by atoms with Crippen LogP contribution in [0.4, 0.5) is 0 Å². The van der Waals surface area contributed by atoms with Gasteiger partial charge in [0.2, 0.25) is 0 Å². The van der Waals surface area contributed by atoms with Crippen molar-refractivity contribution in [1.29, 1.82) is 0 Å². The number of hydrogen-bond donors (Lipinski definition) is 1. The first-order valence-electron chi connectivity index (χ1n) is 3.40. The minimum absolute atomic E-state index is 0.442. The molecular formula is C8H10BrNO. The normalized spacial score (nSPS) is 13.0. The summed E-state index contributed by atoms with van der Waals surface area (Å²) < 4.78 is 0. The summed E-state index contributed by atoms with van der Waals surface area (Å²) in [7, 11) is 0. The first-order chi connectivity index (χ1) is 5.24. The molecular weight excluding hydrogens is 206 g/mol. The van der Waals surface area contributed by atoms with E-state index in [0.29, 0.717) is 5.33 Å². The monoisotopic (exact) mass is 215 g/mol. The van der Waals surface area contributed by atoms with Gasteiger partial charge < -0.3 is 5.11 Å². The zero-order valence-electron chi connectivity index (χ0n) is 6.29. The topological polar surface area (TPSA) is 33.1 Å². The van der Waals surface area contributed by atoms with Crippen LogP contribution in [-0.4, -0.2) is 15.4 Å². The number of aromatic nitrogens is 1. The maximum absolute atomic E-state index is 9.33. The van der Waals surface area contributed by atoms with Crippen LogP contribution in [0.25, 0.3) is 0 Å². The summed E-state index contributed by atoms with van der Waals surface area (Å²) in [6.07, 6.45) is 1.25. The fourth-order valence-corrected chi connectivity index (χ4v) is 1.14. The van der Waals surface area contributed by atoms with E-state index >= 15 is 0 Å². The molecule has 0 spiro atoms. The molecule has 0 saturated heterocycles. The molecule has 0 fully saturated rings. The molecule has 0 aromatic carbocycles. The number of aliphatic hydroxyl groups is 1. The van der Waals surface area contributed by atoms with E-state index in [2.05, 4.69) is 20.9 Å². The molecule has 1 atom stereocenters. The molecule has 0 saturated carbocycles. The predicted molar refractivity (Wildman–Crippen MR) is 47.7 cm³/mol. The molecule has 0 bridgehead atoms. The molecule has 1 heterocycles. The molecule has 0 radical (unpaired) electrons. The van der Waals surface area contributed by atoms with Crippen LogP contribution in [0.3, 0.4) is 0 Å². The highest BCUT2D eigenvalue weighted by atomic mass is 79.9. The van der Waals surface area contributed by atoms with Crippen LogP contribution in [-0.2, 0) is 0 Å². The molecule has 2 nitrogen and oxygen atoms in total. The average Bonchev–Trinajstić information content (AvgIpc) is 2.05. The van der Waals surface area contributed by atoms with Crippen molar-refractivity contribution in [3.05, 3.63) is 29.6 Å². The van der Waals surface area contributed by atoms with Gasteiger partial charge in [0.25, 0.3) is 0 Å². The minimum Gasteiger partial charge on any atom is -0.387 e. The third kappa shape index (κ3) is 2.27. The van der Waals surface area contributed by atoms with Crippen LogP contribution < -0.4 is 0 Å². The number of halogens is 1. The largest absolute Gasteiger partial charge is 0.387 e. The highest BCUT2D eigenvalue weighted by Gasteiger charge is 2.03. The molecule has 1 aromatic heterocycles. The summed E-state index contributed by atoms with van der Waals surface area (Å²) in [5.74, 6) is 0. The summed E-state index contributed by atoms with van der Waals surface area (Å²) in [5.41, 5.74) is 1.82. The average molecular weight is 216 g/mol. The van der Waals surface area contributed by atoms with E-state index < -0.39 is 6.10 Å². The number of nitrogens with zero attached hydrogens (tertiary/aromatic N) is 1. The van der Waals surface area contributed by atoms with Gasteiger partial charge >= 0.3 is 0 Å². The molecule has 1 rings (SSSR count). The number of pyridine rings is 1. The smallest absolute Gasteiger partial charge is 0.0901 e. The fraction of sp³-hybridized carbons (Fsp3) is 0.375. The van der Waals surface area contributed by atoms with Crippen molar-refractivity contribution < 1.29 is 5.11 Å². The standard InChI is InChI=1S/C8H10BrNO/c1-6-2-3-7(5-10-6)8(11)4-9/h2-3,5,8,11H,4H2,1H3. The molecule has 1 aromatic rings. The summed E-state index contributed by atoms with van der Waals surface area (Å²) in [4.78, 5) is 4.07. The highest BCUT2D eigenvalue weighted by Crippen LogP contribution is 2.13. The Morgan fingerprint density at radius 1 is 1.64 bits per heavy atom. The zero-order valence-corrected chi connectivity index (χ0v) is 7.87. The fourth-order valence-electron chi connectivity index (χ4n) is 0.765. The van der Waals surface area contributed by atoms with Crippen molar-refractivity contribution in [3.8, 4) is 0 Å². The van der Waals surface area contributed by atoms with Crippen LogP contribution in [0.2, 0.25) is 0 Å². The number of aliphatic hydroxyl groups excluding tert-OH is 1. The van der Waals surface area contributed by atoms with Crippen molar-refractivity contribution in [3.63, 3.8) is 0 Å². The third-order valence-corrected chi connectivity index (χ3v) is 2.08. The molecule has 60 valence electrons. The van der Waals surface area contributed by atoms with E-state index in [-0.39, 0.29) is 0 Å². The molecule has 3 heteroatoms. The van der Waals surface area contributed by atoms with Gasteiger partial charge in [-0.15, -0.1) is 0 Å². The molecule has 1 N–H and O–H groups in total. The first kappa shape index (κ1) is 8.68. The molecule has 11 heavy (non-hydrogen) atoms. The molecule has 1 unspecified atom stereocenters. The summed E-state index contributed by atoms with van der Waals surface area (Å²) >= 11 is 3.19. The van der Waals surface area contributed by atoms with Gasteiger partial charge in [-0.1, -0.05) is 22.0 Å². The van der Waals surface area contributed by atoms with Gasteiger partial charge in [-0.2, -0.15) is 0 Å². The Kier molecular flexibility index (Phi) is 3.02. The lowest BCUT2D eigenvalue weighted by Crippen LogP contribution is -1.98. The second-order valence-corrected chi connectivity index (χ2v) is 3.05. The van der Waals surface area contributed by atoms with Crippen LogP contribution in [0, 0.1) is 6.92 Å². The Balaban J connectivity index is 2.81. The lowest BCUT2D eigenvalue weighted by Gasteiger charge is -2.05. The van der Waals surface area contributed by atoms with Gasteiger partial charge in [0.05, 0.1) is 6.10 Å². The number of hydrogen-bond acceptors (Lipinski definition) is 2. The summed E-state index contributed by atoms with van der Waals surface area (Å²) in [5, 5.41) is 9.89. The van der Waals surface area contributed by atoms with Crippen molar-refractivity contribution >= 4 is 15.9 Å². The summed E-state index contributed by atoms with van der Waals surface area (Å²) in [6.45, 7) is 1.92. The lowest BCUT2D eigenvalue weighted by atomic mass is 10.2. The first-order valence-corrected chi connectivity index (χ1v) is 4.53. The van der Waals surface area contributed by atoms with E-state index in [1.807, 2.05) is 19.1 Å². The van der Waals surface area contributed by atoms with Crippen LogP contribution in [0.5, 0.6) is 0 Å². The van der Waals surface area contributed by atoms with Gasteiger partial charge in [0.1, 0.15) is 0 Å². The molecule has 0 amide bonds. The van der Waals surface area contributed by atoms with Gasteiger partial charge in [-0.05, 0) is 18.6 Å². The Morgan fingerprint density at radius 3 is 2.82 bits per heavy atom. The van der Waals surface area contributed by atoms with Gasteiger partial charge in [-0.25, -0.2) is 0 Å². The van der Waals surface area contributed by atoms with E-state index in [1.165, 1.54) is 0 Å². The van der Waals surface area contributed by atoms with Crippen molar-refractivity contribution in [2.24, 2.45) is 0 Å². The number of alkyl halides is 1.